The molecule has 1 heterocycles. The molecule has 1 aliphatic heterocycles. The summed E-state index contributed by atoms with van der Waals surface area (Å²) in [5.74, 6) is -0.0627. The highest BCUT2D eigenvalue weighted by Gasteiger charge is 2.58. The van der Waals surface area contributed by atoms with E-state index in [1.54, 1.807) is 0 Å². The summed E-state index contributed by atoms with van der Waals surface area (Å²) in [6.07, 6.45) is 5.88. The summed E-state index contributed by atoms with van der Waals surface area (Å²) in [6, 6.07) is 5.89. The molecule has 4 rings (SSSR count). The molecule has 5 nitrogen and oxygen atoms in total. The fourth-order valence-corrected chi connectivity index (χ4v) is 4.66. The lowest BCUT2D eigenvalue weighted by molar-refractivity contribution is -0.145. The highest BCUT2D eigenvalue weighted by Crippen LogP contribution is 2.58. The van der Waals surface area contributed by atoms with Crippen LogP contribution < -0.4 is 5.32 Å². The number of rotatable bonds is 6. The van der Waals surface area contributed by atoms with E-state index in [9.17, 15) is 9.90 Å². The third-order valence-electron chi connectivity index (χ3n) is 6.03. The van der Waals surface area contributed by atoms with Crippen LogP contribution in [0.2, 0.25) is 0 Å². The van der Waals surface area contributed by atoms with Gasteiger partial charge in [0.25, 0.3) is 0 Å². The maximum atomic E-state index is 11.8. The number of anilines is 1. The second-order valence-corrected chi connectivity index (χ2v) is 8.43. The van der Waals surface area contributed by atoms with Gasteiger partial charge in [-0.1, -0.05) is 22.4 Å². The first-order valence-electron chi connectivity index (χ1n) is 9.05. The fourth-order valence-electron chi connectivity index (χ4n) is 4.30. The summed E-state index contributed by atoms with van der Waals surface area (Å²) in [6.45, 7) is 1.50. The normalized spacial score (nSPS) is 29.9. The average Bonchev–Trinajstić information content (AvgIpc) is 3.16. The molecule has 0 aromatic heterocycles. The van der Waals surface area contributed by atoms with Gasteiger partial charge in [0, 0.05) is 36.2 Å². The van der Waals surface area contributed by atoms with Crippen LogP contribution in [-0.4, -0.2) is 35.4 Å². The molecular formula is C19H24BrNO4. The second-order valence-electron chi connectivity index (χ2n) is 7.58. The topological polar surface area (TPSA) is 67.8 Å². The molecule has 3 aliphatic rings. The lowest BCUT2D eigenvalue weighted by Gasteiger charge is -2.35. The smallest absolute Gasteiger partial charge is 0.329 e. The molecule has 0 spiro atoms. The number of hydrogen-bond acceptors (Lipinski definition) is 4. The summed E-state index contributed by atoms with van der Waals surface area (Å²) in [7, 11) is 0. The van der Waals surface area contributed by atoms with E-state index in [1.165, 1.54) is 25.7 Å². The Morgan fingerprint density at radius 2 is 2.16 bits per heavy atom. The molecule has 2 N–H and O–H groups in total. The van der Waals surface area contributed by atoms with Crippen molar-refractivity contribution in [2.75, 3.05) is 18.5 Å². The van der Waals surface area contributed by atoms with E-state index in [2.05, 4.69) is 21.2 Å². The average molecular weight is 410 g/mol. The molecule has 0 bridgehead atoms. The molecule has 0 radical (unpaired) electrons. The van der Waals surface area contributed by atoms with Gasteiger partial charge >= 0.3 is 5.97 Å². The largest absolute Gasteiger partial charge is 0.480 e. The van der Waals surface area contributed by atoms with Crippen molar-refractivity contribution in [2.45, 2.75) is 56.3 Å². The molecule has 2 unspecified atom stereocenters. The highest BCUT2D eigenvalue weighted by atomic mass is 79.9. The number of ether oxygens (including phenoxy) is 2. The van der Waals surface area contributed by atoms with Crippen LogP contribution in [0.25, 0.3) is 0 Å². The zero-order valence-electron chi connectivity index (χ0n) is 14.2. The third kappa shape index (κ3) is 3.32. The second kappa shape index (κ2) is 6.56. The summed E-state index contributed by atoms with van der Waals surface area (Å²) in [4.78, 5) is 11.8. The molecule has 2 atom stereocenters. The van der Waals surface area contributed by atoms with Crippen LogP contribution in [0.5, 0.6) is 0 Å². The Morgan fingerprint density at radius 1 is 1.36 bits per heavy atom. The Morgan fingerprint density at radius 3 is 2.80 bits per heavy atom. The van der Waals surface area contributed by atoms with E-state index < -0.39 is 11.5 Å². The summed E-state index contributed by atoms with van der Waals surface area (Å²) < 4.78 is 12.6. The number of carboxylic acid groups (broad SMARTS) is 1. The van der Waals surface area contributed by atoms with E-state index in [0.717, 1.165) is 21.6 Å². The summed E-state index contributed by atoms with van der Waals surface area (Å²) in [5, 5.41) is 13.0. The van der Waals surface area contributed by atoms with Crippen molar-refractivity contribution >= 4 is 27.6 Å². The van der Waals surface area contributed by atoms with Gasteiger partial charge in [-0.05, 0) is 48.9 Å². The van der Waals surface area contributed by atoms with E-state index >= 15 is 0 Å². The standard InChI is InChI=1S/C19H24BrNO4/c20-16-4-3-15(21-18(17(22)23)6-8-24-9-7-18)10-13(16)12-25-19-5-1-2-14(19)11-19/h3-4,10,14,21H,1-2,5-9,11-12H2,(H,22,23). The molecule has 2 saturated carbocycles. The van der Waals surface area contributed by atoms with E-state index in [0.29, 0.717) is 32.7 Å². The van der Waals surface area contributed by atoms with Crippen molar-refractivity contribution in [3.63, 3.8) is 0 Å². The molecule has 3 fully saturated rings. The molecule has 2 aliphatic carbocycles. The Hall–Kier alpha value is -1.11. The lowest BCUT2D eigenvalue weighted by Crippen LogP contribution is -2.50. The zero-order chi connectivity index (χ0) is 17.5. The van der Waals surface area contributed by atoms with Gasteiger partial charge in [0.2, 0.25) is 0 Å². The van der Waals surface area contributed by atoms with Crippen LogP contribution in [-0.2, 0) is 20.9 Å². The number of carbonyl (C=O) groups is 1. The minimum absolute atomic E-state index is 0.131. The van der Waals surface area contributed by atoms with Gasteiger partial charge in [-0.25, -0.2) is 4.79 Å². The van der Waals surface area contributed by atoms with Crippen molar-refractivity contribution in [3.8, 4) is 0 Å². The van der Waals surface area contributed by atoms with Crippen LogP contribution in [0.4, 0.5) is 5.69 Å². The summed E-state index contributed by atoms with van der Waals surface area (Å²) in [5.41, 5.74) is 1.06. The van der Waals surface area contributed by atoms with Crippen molar-refractivity contribution < 1.29 is 19.4 Å². The molecule has 6 heteroatoms. The lowest BCUT2D eigenvalue weighted by atomic mass is 9.89. The van der Waals surface area contributed by atoms with Gasteiger partial charge in [0.05, 0.1) is 12.2 Å². The van der Waals surface area contributed by atoms with Gasteiger partial charge in [0.15, 0.2) is 0 Å². The number of aliphatic carboxylic acids is 1. The number of nitrogens with one attached hydrogen (secondary N) is 1. The number of carboxylic acids is 1. The van der Waals surface area contributed by atoms with Crippen molar-refractivity contribution in [2.24, 2.45) is 5.92 Å². The number of benzene rings is 1. The predicted octanol–water partition coefficient (Wildman–Crippen LogP) is 3.95. The van der Waals surface area contributed by atoms with Crippen LogP contribution in [0, 0.1) is 5.92 Å². The zero-order valence-corrected chi connectivity index (χ0v) is 15.8. The van der Waals surface area contributed by atoms with Gasteiger partial charge in [0.1, 0.15) is 5.54 Å². The van der Waals surface area contributed by atoms with Crippen LogP contribution >= 0.6 is 15.9 Å². The predicted molar refractivity (Wildman–Crippen MR) is 97.7 cm³/mol. The van der Waals surface area contributed by atoms with Crippen molar-refractivity contribution in [1.29, 1.82) is 0 Å². The first-order valence-corrected chi connectivity index (χ1v) is 9.84. The molecule has 25 heavy (non-hydrogen) atoms. The van der Waals surface area contributed by atoms with E-state index in [1.807, 2.05) is 18.2 Å². The van der Waals surface area contributed by atoms with Crippen LogP contribution in [0.3, 0.4) is 0 Å². The maximum Gasteiger partial charge on any atom is 0.329 e. The minimum Gasteiger partial charge on any atom is -0.480 e. The molecule has 1 saturated heterocycles. The SMILES string of the molecule is O=C(O)C1(Nc2ccc(Br)c(COC34CCCC3C4)c2)CCOCC1. The Balaban J connectivity index is 1.48. The quantitative estimate of drug-likeness (QED) is 0.744. The van der Waals surface area contributed by atoms with Gasteiger partial charge in [-0.15, -0.1) is 0 Å². The molecule has 1 aromatic carbocycles. The molecule has 0 amide bonds. The highest BCUT2D eigenvalue weighted by molar-refractivity contribution is 9.10. The first-order chi connectivity index (χ1) is 12.0. The Bertz CT molecular complexity index is 673. The molecule has 1 aromatic rings. The molecular weight excluding hydrogens is 386 g/mol. The number of hydrogen-bond donors (Lipinski definition) is 2. The van der Waals surface area contributed by atoms with Crippen LogP contribution in [0.15, 0.2) is 22.7 Å². The first kappa shape index (κ1) is 17.3. The van der Waals surface area contributed by atoms with Crippen molar-refractivity contribution in [3.05, 3.63) is 28.2 Å². The molecule has 136 valence electrons. The number of halogens is 1. The van der Waals surface area contributed by atoms with Gasteiger partial charge in [-0.3, -0.25) is 0 Å². The maximum absolute atomic E-state index is 11.8. The van der Waals surface area contributed by atoms with Gasteiger partial charge in [-0.2, -0.15) is 0 Å². The minimum atomic E-state index is -0.948. The monoisotopic (exact) mass is 409 g/mol. The third-order valence-corrected chi connectivity index (χ3v) is 6.80. The number of fused-ring (bicyclic) bond motifs is 1. The summed E-state index contributed by atoms with van der Waals surface area (Å²) >= 11 is 3.59. The Kier molecular flexibility index (Phi) is 4.54. The van der Waals surface area contributed by atoms with E-state index in [-0.39, 0.29) is 5.60 Å². The van der Waals surface area contributed by atoms with E-state index in [4.69, 9.17) is 9.47 Å². The Labute approximate surface area is 156 Å². The fraction of sp³-hybridized carbons (Fsp3) is 0.632. The van der Waals surface area contributed by atoms with Crippen molar-refractivity contribution in [1.82, 2.24) is 0 Å². The van der Waals surface area contributed by atoms with Crippen LogP contribution in [0.1, 0.15) is 44.1 Å². The van der Waals surface area contributed by atoms with Gasteiger partial charge < -0.3 is 19.9 Å².